The van der Waals surface area contributed by atoms with Crippen molar-refractivity contribution in [1.29, 1.82) is 0 Å². The van der Waals surface area contributed by atoms with Gasteiger partial charge < -0.3 is 14.2 Å². The normalized spacial score (nSPS) is 10.9. The fourth-order valence-electron chi connectivity index (χ4n) is 3.17. The predicted molar refractivity (Wildman–Crippen MR) is 139 cm³/mol. The van der Waals surface area contributed by atoms with Gasteiger partial charge in [-0.05, 0) is 56.2 Å². The number of urea groups is 1. The van der Waals surface area contributed by atoms with Crippen LogP contribution in [0.2, 0.25) is 0 Å². The number of anilines is 1. The highest BCUT2D eigenvalue weighted by Crippen LogP contribution is 2.36. The topological polar surface area (TPSA) is 97.4 Å². The highest BCUT2D eigenvalue weighted by molar-refractivity contribution is 7.80. The molecule has 1 atom stereocenters. The van der Waals surface area contributed by atoms with E-state index in [2.05, 4.69) is 25.9 Å². The Balaban J connectivity index is 1.57. The summed E-state index contributed by atoms with van der Waals surface area (Å²) in [6.07, 6.45) is 0.586. The number of hydrogen-bond acceptors (Lipinski definition) is 5. The molecule has 3 aromatic rings. The van der Waals surface area contributed by atoms with E-state index in [4.69, 9.17) is 22.1 Å². The molecule has 3 N–H and O–H groups in total. The fraction of sp³-hybridized carbons (Fsp3) is 0.192. The quantitative estimate of drug-likeness (QED) is 0.190. The number of hydrazine groups is 1. The maximum atomic E-state index is 12.9. The first-order valence-electron chi connectivity index (χ1n) is 11.0. The molecule has 3 rings (SSSR count). The van der Waals surface area contributed by atoms with Gasteiger partial charge in [-0.15, -0.1) is 0 Å². The summed E-state index contributed by atoms with van der Waals surface area (Å²) in [6.45, 7) is 19.4. The molecule has 184 valence electrons. The molecule has 0 spiro atoms. The Morgan fingerprint density at radius 1 is 1.00 bits per heavy atom. The third-order valence-electron chi connectivity index (χ3n) is 4.92. The van der Waals surface area contributed by atoms with E-state index in [1.807, 2.05) is 32.0 Å². The molecule has 9 nitrogen and oxygen atoms in total. The summed E-state index contributed by atoms with van der Waals surface area (Å²) in [5, 5.41) is 2.69. The largest absolute Gasteiger partial charge is 0.493 e. The van der Waals surface area contributed by atoms with Crippen molar-refractivity contribution in [3.8, 4) is 11.5 Å². The Morgan fingerprint density at radius 3 is 2.42 bits per heavy atom. The predicted octanol–water partition coefficient (Wildman–Crippen LogP) is 5.60. The summed E-state index contributed by atoms with van der Waals surface area (Å²) in [7, 11) is 0. The lowest BCUT2D eigenvalue weighted by Crippen LogP contribution is -2.40. The molecule has 0 saturated heterocycles. The zero-order valence-electron chi connectivity index (χ0n) is 19.8. The highest BCUT2D eigenvalue weighted by atomic mass is 32.2. The highest BCUT2D eigenvalue weighted by Gasteiger charge is 2.17. The van der Waals surface area contributed by atoms with Crippen molar-refractivity contribution in [2.45, 2.75) is 25.2 Å². The van der Waals surface area contributed by atoms with E-state index in [-0.39, 0.29) is 22.0 Å². The molecule has 0 bridgehead atoms. The SMILES string of the molecule is [C-]#[N+]c1cc(NNC(=O)NCCCOc2ccc(C)cc2C)c(S(=O)Oc2ccccc2)cc1[N+]#[C-]. The van der Waals surface area contributed by atoms with Crippen molar-refractivity contribution in [3.63, 3.8) is 0 Å². The van der Waals surface area contributed by atoms with Gasteiger partial charge in [0.05, 0.1) is 30.3 Å². The molecule has 0 fully saturated rings. The van der Waals surface area contributed by atoms with Crippen LogP contribution in [-0.2, 0) is 11.1 Å². The Kier molecular flexibility index (Phi) is 9.26. The summed E-state index contributed by atoms with van der Waals surface area (Å²) in [4.78, 5) is 19.0. The molecule has 2 amide bonds. The van der Waals surface area contributed by atoms with Gasteiger partial charge in [-0.25, -0.2) is 9.00 Å². The molecule has 3 aromatic carbocycles. The van der Waals surface area contributed by atoms with Crippen LogP contribution < -0.4 is 25.1 Å². The van der Waals surface area contributed by atoms with E-state index in [0.29, 0.717) is 25.3 Å². The van der Waals surface area contributed by atoms with Gasteiger partial charge in [0, 0.05) is 6.54 Å². The summed E-state index contributed by atoms with van der Waals surface area (Å²) in [5.41, 5.74) is 7.61. The minimum Gasteiger partial charge on any atom is -0.493 e. The van der Waals surface area contributed by atoms with Gasteiger partial charge in [-0.2, -0.15) is 0 Å². The maximum Gasteiger partial charge on any atom is 0.333 e. The lowest BCUT2D eigenvalue weighted by atomic mass is 10.1. The van der Waals surface area contributed by atoms with Gasteiger partial charge >= 0.3 is 6.03 Å². The second-order valence-electron chi connectivity index (χ2n) is 7.67. The molecular formula is C26H25N5O4S. The van der Waals surface area contributed by atoms with Crippen molar-refractivity contribution in [2.75, 3.05) is 18.6 Å². The Bertz CT molecular complexity index is 1330. The van der Waals surface area contributed by atoms with E-state index in [1.54, 1.807) is 30.3 Å². The Hall–Kier alpha value is -4.54. The molecule has 0 aliphatic rings. The molecule has 0 aromatic heterocycles. The zero-order chi connectivity index (χ0) is 25.9. The van der Waals surface area contributed by atoms with Crippen LogP contribution in [0.3, 0.4) is 0 Å². The molecule has 10 heteroatoms. The van der Waals surface area contributed by atoms with E-state index in [0.717, 1.165) is 16.9 Å². The average Bonchev–Trinajstić information content (AvgIpc) is 2.88. The smallest absolute Gasteiger partial charge is 0.333 e. The van der Waals surface area contributed by atoms with Crippen molar-refractivity contribution in [3.05, 3.63) is 94.6 Å². The maximum absolute atomic E-state index is 12.9. The summed E-state index contributed by atoms with van der Waals surface area (Å²) in [5.74, 6) is 1.18. The molecule has 36 heavy (non-hydrogen) atoms. The number of rotatable bonds is 10. The third kappa shape index (κ3) is 7.23. The molecule has 0 radical (unpaired) electrons. The van der Waals surface area contributed by atoms with E-state index >= 15 is 0 Å². The van der Waals surface area contributed by atoms with Crippen LogP contribution in [0.4, 0.5) is 21.9 Å². The Labute approximate surface area is 212 Å². The van der Waals surface area contributed by atoms with Crippen LogP contribution in [0, 0.1) is 27.0 Å². The van der Waals surface area contributed by atoms with Crippen molar-refractivity contribution < 1.29 is 17.9 Å². The van der Waals surface area contributed by atoms with Crippen molar-refractivity contribution >= 4 is 34.2 Å². The van der Waals surface area contributed by atoms with E-state index in [9.17, 15) is 9.00 Å². The number of benzene rings is 3. The monoisotopic (exact) mass is 503 g/mol. The number of ether oxygens (including phenoxy) is 1. The third-order valence-corrected chi connectivity index (χ3v) is 5.96. The zero-order valence-corrected chi connectivity index (χ0v) is 20.6. The lowest BCUT2D eigenvalue weighted by molar-refractivity contribution is 0.241. The van der Waals surface area contributed by atoms with Gasteiger partial charge in [0.25, 0.3) is 0 Å². The number of para-hydroxylation sites is 1. The minimum atomic E-state index is -2.01. The van der Waals surface area contributed by atoms with Gasteiger partial charge in [-0.3, -0.25) is 20.5 Å². The molecule has 0 aliphatic heterocycles. The molecule has 0 heterocycles. The minimum absolute atomic E-state index is 0.0313. The van der Waals surface area contributed by atoms with Gasteiger partial charge in [0.2, 0.25) is 11.1 Å². The number of amides is 2. The summed E-state index contributed by atoms with van der Waals surface area (Å²) < 4.78 is 24.1. The van der Waals surface area contributed by atoms with Gasteiger partial charge in [-0.1, -0.05) is 35.9 Å². The number of nitrogens with zero attached hydrogens (tertiary/aromatic N) is 2. The number of hydrogen-bond donors (Lipinski definition) is 3. The first kappa shape index (κ1) is 26.1. The van der Waals surface area contributed by atoms with E-state index in [1.165, 1.54) is 12.1 Å². The van der Waals surface area contributed by atoms with Crippen LogP contribution in [-0.4, -0.2) is 23.4 Å². The standard InChI is InChI=1S/C26H25N5O4S/c1-18-11-12-24(19(2)15-18)34-14-8-13-29-26(32)31-30-23-16-21(27-3)22(28-4)17-25(23)36(33)35-20-9-6-5-7-10-20/h5-7,9-12,15-17,30H,8,13-14H2,1-2H3,(H2,29,31,32). The number of nitrogens with one attached hydrogen (secondary N) is 3. The summed E-state index contributed by atoms with van der Waals surface area (Å²) in [6, 6.07) is 16.6. The van der Waals surface area contributed by atoms with Crippen molar-refractivity contribution in [2.24, 2.45) is 0 Å². The van der Waals surface area contributed by atoms with Crippen LogP contribution in [0.25, 0.3) is 9.69 Å². The first-order valence-corrected chi connectivity index (χ1v) is 12.1. The van der Waals surface area contributed by atoms with Gasteiger partial charge in [0.1, 0.15) is 11.5 Å². The Morgan fingerprint density at radius 2 is 1.72 bits per heavy atom. The van der Waals surface area contributed by atoms with Gasteiger partial charge in [0.15, 0.2) is 11.4 Å². The lowest BCUT2D eigenvalue weighted by Gasteiger charge is -2.15. The number of carbonyl (C=O) groups is 1. The van der Waals surface area contributed by atoms with Crippen LogP contribution in [0.5, 0.6) is 11.5 Å². The molecule has 0 aliphatic carbocycles. The second kappa shape index (κ2) is 12.8. The summed E-state index contributed by atoms with van der Waals surface area (Å²) >= 11 is -2.01. The molecule has 0 saturated carbocycles. The van der Waals surface area contributed by atoms with E-state index < -0.39 is 17.1 Å². The number of aryl methyl sites for hydroxylation is 2. The van der Waals surface area contributed by atoms with Crippen LogP contribution >= 0.6 is 0 Å². The van der Waals surface area contributed by atoms with Crippen LogP contribution in [0.1, 0.15) is 17.5 Å². The van der Waals surface area contributed by atoms with Crippen LogP contribution in [0.15, 0.2) is 65.6 Å². The average molecular weight is 504 g/mol. The molecular weight excluding hydrogens is 478 g/mol. The number of carbonyl (C=O) groups excluding carboxylic acids is 1. The fourth-order valence-corrected chi connectivity index (χ4v) is 4.04. The van der Waals surface area contributed by atoms with Crippen molar-refractivity contribution in [1.82, 2.24) is 10.7 Å². The molecule has 1 unspecified atom stereocenters. The first-order chi connectivity index (χ1) is 17.4. The second-order valence-corrected chi connectivity index (χ2v) is 8.74.